The Balaban J connectivity index is 1.56. The van der Waals surface area contributed by atoms with Gasteiger partial charge in [0.1, 0.15) is 5.82 Å². The van der Waals surface area contributed by atoms with E-state index < -0.39 is 0 Å². The summed E-state index contributed by atoms with van der Waals surface area (Å²) in [5.41, 5.74) is 1.80. The molecule has 7 nitrogen and oxygen atoms in total. The molecule has 0 aliphatic heterocycles. The highest BCUT2D eigenvalue weighted by Gasteiger charge is 2.23. The second-order valence-electron chi connectivity index (χ2n) is 7.25. The Morgan fingerprint density at radius 2 is 1.96 bits per heavy atom. The Labute approximate surface area is 169 Å². The molecule has 0 saturated heterocycles. The van der Waals surface area contributed by atoms with Crippen molar-refractivity contribution in [2.45, 2.75) is 62.4 Å². The average molecular weight is 402 g/mol. The number of thioether (sulfide) groups is 1. The number of hydrogen-bond donors (Lipinski definition) is 2. The van der Waals surface area contributed by atoms with Crippen molar-refractivity contribution in [1.29, 1.82) is 0 Å². The number of nitrogens with one attached hydrogen (secondary N) is 2. The second kappa shape index (κ2) is 9.23. The second-order valence-corrected chi connectivity index (χ2v) is 8.56. The molecule has 28 heavy (non-hydrogen) atoms. The molecule has 150 valence electrons. The molecule has 1 fully saturated rings. The van der Waals surface area contributed by atoms with Gasteiger partial charge in [0.15, 0.2) is 5.16 Å². The number of rotatable bonds is 7. The summed E-state index contributed by atoms with van der Waals surface area (Å²) in [6, 6.07) is 7.94. The van der Waals surface area contributed by atoms with Gasteiger partial charge in [0.25, 0.3) is 0 Å². The van der Waals surface area contributed by atoms with Gasteiger partial charge < -0.3 is 15.2 Å². The lowest BCUT2D eigenvalue weighted by atomic mass is 10.2. The number of aryl methyl sites for hydroxylation is 1. The normalized spacial score (nSPS) is 15.4. The zero-order valence-electron chi connectivity index (χ0n) is 16.6. The predicted molar refractivity (Wildman–Crippen MR) is 110 cm³/mol. The van der Waals surface area contributed by atoms with Gasteiger partial charge in [0, 0.05) is 18.8 Å². The molecule has 1 saturated carbocycles. The molecule has 2 amide bonds. The van der Waals surface area contributed by atoms with Gasteiger partial charge in [-0.2, -0.15) is 0 Å². The molecule has 1 heterocycles. The predicted octanol–water partition coefficient (Wildman–Crippen LogP) is 2.84. The zero-order chi connectivity index (χ0) is 20.1. The molecule has 0 unspecified atom stereocenters. The number of anilines is 1. The van der Waals surface area contributed by atoms with Crippen molar-refractivity contribution in [3.05, 3.63) is 35.7 Å². The van der Waals surface area contributed by atoms with Gasteiger partial charge in [0.05, 0.1) is 11.7 Å². The minimum atomic E-state index is -0.267. The molecule has 2 aromatic rings. The number of nitrogens with zero attached hydrogens (tertiary/aromatic N) is 3. The van der Waals surface area contributed by atoms with Crippen molar-refractivity contribution >= 4 is 29.3 Å². The van der Waals surface area contributed by atoms with Crippen molar-refractivity contribution in [3.8, 4) is 0 Å². The SMILES string of the molecule is Cc1ccccc1NC(=O)Cc1nnc(S[C@H](C)C(=O)NC2CCCC2)n1C. The topological polar surface area (TPSA) is 88.9 Å². The maximum Gasteiger partial charge on any atom is 0.233 e. The minimum Gasteiger partial charge on any atom is -0.352 e. The van der Waals surface area contributed by atoms with Crippen molar-refractivity contribution in [1.82, 2.24) is 20.1 Å². The smallest absolute Gasteiger partial charge is 0.233 e. The first-order valence-corrected chi connectivity index (χ1v) is 10.5. The lowest BCUT2D eigenvalue weighted by Crippen LogP contribution is -2.37. The third-order valence-electron chi connectivity index (χ3n) is 5.02. The van der Waals surface area contributed by atoms with E-state index in [1.165, 1.54) is 24.6 Å². The average Bonchev–Trinajstić information content (AvgIpc) is 3.29. The van der Waals surface area contributed by atoms with Crippen LogP contribution in [0.2, 0.25) is 0 Å². The molecular formula is C20H27N5O2S. The van der Waals surface area contributed by atoms with Gasteiger partial charge in [0.2, 0.25) is 11.8 Å². The van der Waals surface area contributed by atoms with E-state index in [1.54, 1.807) is 4.57 Å². The van der Waals surface area contributed by atoms with Gasteiger partial charge in [-0.25, -0.2) is 0 Å². The van der Waals surface area contributed by atoms with Gasteiger partial charge >= 0.3 is 0 Å². The third kappa shape index (κ3) is 5.13. The van der Waals surface area contributed by atoms with Crippen LogP contribution in [0.15, 0.2) is 29.4 Å². The fraction of sp³-hybridized carbons (Fsp3) is 0.500. The molecule has 0 bridgehead atoms. The van der Waals surface area contributed by atoms with Gasteiger partial charge in [-0.05, 0) is 38.3 Å². The van der Waals surface area contributed by atoms with Crippen molar-refractivity contribution < 1.29 is 9.59 Å². The van der Waals surface area contributed by atoms with Crippen LogP contribution in [-0.2, 0) is 23.1 Å². The van der Waals surface area contributed by atoms with Crippen LogP contribution in [-0.4, -0.2) is 37.9 Å². The Hall–Kier alpha value is -2.35. The van der Waals surface area contributed by atoms with Crippen LogP contribution >= 0.6 is 11.8 Å². The summed E-state index contributed by atoms with van der Waals surface area (Å²) in [4.78, 5) is 24.7. The molecule has 1 atom stereocenters. The Bertz CT molecular complexity index is 845. The maximum atomic E-state index is 12.4. The summed E-state index contributed by atoms with van der Waals surface area (Å²) in [7, 11) is 1.82. The highest BCUT2D eigenvalue weighted by molar-refractivity contribution is 8.00. The van der Waals surface area contributed by atoms with E-state index in [1.807, 2.05) is 45.2 Å². The van der Waals surface area contributed by atoms with Crippen molar-refractivity contribution in [3.63, 3.8) is 0 Å². The number of benzene rings is 1. The highest BCUT2D eigenvalue weighted by atomic mass is 32.2. The lowest BCUT2D eigenvalue weighted by molar-refractivity contribution is -0.121. The molecule has 1 aromatic carbocycles. The summed E-state index contributed by atoms with van der Waals surface area (Å²) in [6.45, 7) is 3.82. The van der Waals surface area contributed by atoms with Gasteiger partial charge in [-0.3, -0.25) is 9.59 Å². The fourth-order valence-corrected chi connectivity index (χ4v) is 4.10. The monoisotopic (exact) mass is 401 g/mol. The largest absolute Gasteiger partial charge is 0.352 e. The maximum absolute atomic E-state index is 12.4. The van der Waals surface area contributed by atoms with Crippen LogP contribution in [0, 0.1) is 6.92 Å². The van der Waals surface area contributed by atoms with Crippen LogP contribution in [0.4, 0.5) is 5.69 Å². The summed E-state index contributed by atoms with van der Waals surface area (Å²) in [5, 5.41) is 14.7. The molecule has 3 rings (SSSR count). The minimum absolute atomic E-state index is 0.0266. The summed E-state index contributed by atoms with van der Waals surface area (Å²) in [5.74, 6) is 0.448. The van der Waals surface area contributed by atoms with Crippen molar-refractivity contribution in [2.75, 3.05) is 5.32 Å². The van der Waals surface area contributed by atoms with Crippen molar-refractivity contribution in [2.24, 2.45) is 7.05 Å². The van der Waals surface area contributed by atoms with Gasteiger partial charge in [-0.15, -0.1) is 10.2 Å². The standard InChI is InChI=1S/C20H27N5O2S/c1-13-8-4-7-11-16(13)22-18(26)12-17-23-24-20(25(17)3)28-14(2)19(27)21-15-9-5-6-10-15/h4,7-8,11,14-15H,5-6,9-10,12H2,1-3H3,(H,21,27)(H,22,26)/t14-/m1/s1. The highest BCUT2D eigenvalue weighted by Crippen LogP contribution is 2.23. The third-order valence-corrected chi connectivity index (χ3v) is 6.15. The Morgan fingerprint density at radius 1 is 1.25 bits per heavy atom. The van der Waals surface area contributed by atoms with E-state index in [0.29, 0.717) is 17.0 Å². The van der Waals surface area contributed by atoms with Gasteiger partial charge in [-0.1, -0.05) is 42.8 Å². The van der Waals surface area contributed by atoms with Crippen LogP contribution in [0.1, 0.15) is 44.0 Å². The van der Waals surface area contributed by atoms with Crippen LogP contribution in [0.25, 0.3) is 0 Å². The summed E-state index contributed by atoms with van der Waals surface area (Å²) < 4.78 is 1.78. The molecule has 1 aliphatic carbocycles. The van der Waals surface area contributed by atoms with Crippen LogP contribution in [0.5, 0.6) is 0 Å². The van der Waals surface area contributed by atoms with Crippen LogP contribution in [0.3, 0.4) is 0 Å². The summed E-state index contributed by atoms with van der Waals surface area (Å²) >= 11 is 1.36. The number of amides is 2. The quantitative estimate of drug-likeness (QED) is 0.697. The van der Waals surface area contributed by atoms with E-state index in [4.69, 9.17) is 0 Å². The zero-order valence-corrected chi connectivity index (χ0v) is 17.4. The lowest BCUT2D eigenvalue weighted by Gasteiger charge is -2.16. The fourth-order valence-electron chi connectivity index (χ4n) is 3.25. The number of aromatic nitrogens is 3. The van der Waals surface area contributed by atoms with Crippen LogP contribution < -0.4 is 10.6 Å². The molecule has 1 aliphatic rings. The molecule has 1 aromatic heterocycles. The Kier molecular flexibility index (Phi) is 6.72. The molecule has 0 spiro atoms. The first-order valence-electron chi connectivity index (χ1n) is 9.65. The number of para-hydroxylation sites is 1. The van der Waals surface area contributed by atoms with E-state index >= 15 is 0 Å². The van der Waals surface area contributed by atoms with E-state index in [0.717, 1.165) is 24.1 Å². The summed E-state index contributed by atoms with van der Waals surface area (Å²) in [6.07, 6.45) is 4.62. The number of hydrogen-bond acceptors (Lipinski definition) is 5. The Morgan fingerprint density at radius 3 is 2.68 bits per heavy atom. The first-order chi connectivity index (χ1) is 13.4. The van der Waals surface area contributed by atoms with E-state index in [-0.39, 0.29) is 23.5 Å². The molecular weight excluding hydrogens is 374 g/mol. The molecule has 2 N–H and O–H groups in total. The van der Waals surface area contributed by atoms with E-state index in [2.05, 4.69) is 20.8 Å². The van der Waals surface area contributed by atoms with E-state index in [9.17, 15) is 9.59 Å². The number of carbonyl (C=O) groups excluding carboxylic acids is 2. The molecule has 8 heteroatoms. The number of carbonyl (C=O) groups is 2. The molecule has 0 radical (unpaired) electrons. The first kappa shape index (κ1) is 20.4.